The summed E-state index contributed by atoms with van der Waals surface area (Å²) in [6.45, 7) is 2.89. The zero-order valence-corrected chi connectivity index (χ0v) is 10.0. The molecule has 0 aromatic heterocycles. The summed E-state index contributed by atoms with van der Waals surface area (Å²) in [5.41, 5.74) is 0. The van der Waals surface area contributed by atoms with Gasteiger partial charge in [-0.2, -0.15) is 0 Å². The Morgan fingerprint density at radius 3 is 2.50 bits per heavy atom. The maximum atomic E-state index is 10.7. The van der Waals surface area contributed by atoms with E-state index in [0.717, 1.165) is 0 Å². The predicted molar refractivity (Wildman–Crippen MR) is 55.9 cm³/mol. The number of aliphatic hydroxyl groups excluding tert-OH is 2. The van der Waals surface area contributed by atoms with Crippen LogP contribution in [-0.4, -0.2) is 44.7 Å². The minimum atomic E-state index is -0.941. The summed E-state index contributed by atoms with van der Waals surface area (Å²) < 4.78 is 9.63. The Bertz CT molecular complexity index is 222. The van der Waals surface area contributed by atoms with E-state index in [0.29, 0.717) is 0 Å². The molecule has 0 amide bonds. The molecule has 1 aliphatic rings. The van der Waals surface area contributed by atoms with E-state index < -0.39 is 34.5 Å². The molecule has 1 heterocycles. The Labute approximate surface area is 95.5 Å². The third-order valence-electron chi connectivity index (χ3n) is 2.05. The van der Waals surface area contributed by atoms with Crippen molar-refractivity contribution in [2.75, 3.05) is 0 Å². The van der Waals surface area contributed by atoms with Crippen LogP contribution in [0.4, 0.5) is 0 Å². The first kappa shape index (κ1) is 12.2. The number of halogens is 1. The van der Waals surface area contributed by atoms with Gasteiger partial charge in [0.15, 0.2) is 0 Å². The van der Waals surface area contributed by atoms with Gasteiger partial charge in [-0.3, -0.25) is 4.79 Å². The quantitative estimate of drug-likeness (QED) is 0.399. The molecule has 0 aromatic rings. The highest BCUT2D eigenvalue weighted by molar-refractivity contribution is 14.1. The van der Waals surface area contributed by atoms with Crippen LogP contribution in [0.15, 0.2) is 0 Å². The number of alkyl halides is 1. The van der Waals surface area contributed by atoms with Crippen molar-refractivity contribution in [3.8, 4) is 0 Å². The summed E-state index contributed by atoms with van der Waals surface area (Å²) >= 11 is 1.89. The first-order chi connectivity index (χ1) is 6.43. The largest absolute Gasteiger partial charge is 0.435 e. The van der Waals surface area contributed by atoms with Crippen LogP contribution in [-0.2, 0) is 14.3 Å². The maximum Gasteiger partial charge on any atom is 0.304 e. The zero-order chi connectivity index (χ0) is 10.9. The maximum absolute atomic E-state index is 10.7. The molecule has 5 atom stereocenters. The van der Waals surface area contributed by atoms with Gasteiger partial charge in [0, 0.05) is 6.92 Å². The van der Waals surface area contributed by atoms with E-state index in [9.17, 15) is 15.0 Å². The molecule has 1 aliphatic heterocycles. The second kappa shape index (κ2) is 4.73. The van der Waals surface area contributed by atoms with E-state index in [1.807, 2.05) is 22.6 Å². The first-order valence-electron chi connectivity index (χ1n) is 4.26. The molecule has 6 heteroatoms. The fourth-order valence-electron chi connectivity index (χ4n) is 1.25. The lowest BCUT2D eigenvalue weighted by Gasteiger charge is -2.38. The third-order valence-corrected chi connectivity index (χ3v) is 3.37. The molecule has 0 aromatic carbocycles. The second-order valence-electron chi connectivity index (χ2n) is 3.24. The topological polar surface area (TPSA) is 76.0 Å². The average molecular weight is 316 g/mol. The van der Waals surface area contributed by atoms with Gasteiger partial charge >= 0.3 is 5.97 Å². The van der Waals surface area contributed by atoms with Crippen molar-refractivity contribution >= 4 is 28.6 Å². The van der Waals surface area contributed by atoms with Crippen LogP contribution in [0.1, 0.15) is 13.8 Å². The molecule has 1 rings (SSSR count). The number of ether oxygens (including phenoxy) is 2. The van der Waals surface area contributed by atoms with Crippen LogP contribution in [0.5, 0.6) is 0 Å². The molecule has 0 bridgehead atoms. The Kier molecular flexibility index (Phi) is 4.11. The summed E-state index contributed by atoms with van der Waals surface area (Å²) in [5, 5.41) is 19.0. The molecule has 0 unspecified atom stereocenters. The highest BCUT2D eigenvalue weighted by Crippen LogP contribution is 2.27. The van der Waals surface area contributed by atoms with Crippen LogP contribution >= 0.6 is 22.6 Å². The Morgan fingerprint density at radius 1 is 1.43 bits per heavy atom. The second-order valence-corrected chi connectivity index (χ2v) is 4.68. The molecule has 82 valence electrons. The summed E-state index contributed by atoms with van der Waals surface area (Å²) in [4.78, 5) is 10.7. The molecule has 0 aliphatic carbocycles. The molecule has 1 saturated heterocycles. The summed E-state index contributed by atoms with van der Waals surface area (Å²) in [6.07, 6.45) is -3.21. The van der Waals surface area contributed by atoms with Gasteiger partial charge < -0.3 is 19.7 Å². The molecular formula is C8H13IO5. The minimum Gasteiger partial charge on any atom is -0.435 e. The Morgan fingerprint density at radius 2 is 2.00 bits per heavy atom. The standard InChI is InChI=1S/C8H13IO5/c1-3-6(11)7(12)5(9)8(13-3)14-4(2)10/h3,5-8,11-12H,1-2H3/t3-,5+,6-,7-,8+/m1/s1. The number of hydrogen-bond donors (Lipinski definition) is 2. The van der Waals surface area contributed by atoms with Gasteiger partial charge in [-0.15, -0.1) is 0 Å². The number of carbonyl (C=O) groups is 1. The molecule has 5 nitrogen and oxygen atoms in total. The van der Waals surface area contributed by atoms with Crippen LogP contribution < -0.4 is 0 Å². The van der Waals surface area contributed by atoms with Gasteiger partial charge in [0.05, 0.1) is 6.10 Å². The summed E-state index contributed by atoms with van der Waals surface area (Å²) in [6, 6.07) is 0. The zero-order valence-electron chi connectivity index (χ0n) is 7.88. The Balaban J connectivity index is 2.65. The number of aliphatic hydroxyl groups is 2. The Hall–Kier alpha value is 0.0800. The lowest BCUT2D eigenvalue weighted by atomic mass is 10.0. The molecule has 14 heavy (non-hydrogen) atoms. The van der Waals surface area contributed by atoms with Gasteiger partial charge in [0.1, 0.15) is 16.1 Å². The molecule has 0 saturated carbocycles. The first-order valence-corrected chi connectivity index (χ1v) is 5.51. The van der Waals surface area contributed by atoms with E-state index in [1.165, 1.54) is 6.92 Å². The average Bonchev–Trinajstić information content (AvgIpc) is 2.10. The number of esters is 1. The molecule has 2 N–H and O–H groups in total. The van der Waals surface area contributed by atoms with Gasteiger partial charge in [-0.1, -0.05) is 22.6 Å². The van der Waals surface area contributed by atoms with E-state index >= 15 is 0 Å². The van der Waals surface area contributed by atoms with Crippen molar-refractivity contribution in [3.63, 3.8) is 0 Å². The van der Waals surface area contributed by atoms with E-state index in [2.05, 4.69) is 0 Å². The predicted octanol–water partition coefficient (Wildman–Crippen LogP) is -0.180. The number of rotatable bonds is 1. The van der Waals surface area contributed by atoms with Crippen molar-refractivity contribution in [1.82, 2.24) is 0 Å². The normalized spacial score (nSPS) is 43.4. The van der Waals surface area contributed by atoms with Crippen molar-refractivity contribution in [1.29, 1.82) is 0 Å². The number of hydrogen-bond acceptors (Lipinski definition) is 5. The van der Waals surface area contributed by atoms with Gasteiger partial charge in [0.25, 0.3) is 0 Å². The van der Waals surface area contributed by atoms with Gasteiger partial charge in [-0.25, -0.2) is 0 Å². The highest BCUT2D eigenvalue weighted by Gasteiger charge is 2.42. The molecular weight excluding hydrogens is 303 g/mol. The monoisotopic (exact) mass is 316 g/mol. The third kappa shape index (κ3) is 2.56. The van der Waals surface area contributed by atoms with Crippen molar-refractivity contribution in [3.05, 3.63) is 0 Å². The lowest BCUT2D eigenvalue weighted by molar-refractivity contribution is -0.233. The minimum absolute atomic E-state index is 0.456. The van der Waals surface area contributed by atoms with Crippen LogP contribution in [0.3, 0.4) is 0 Å². The van der Waals surface area contributed by atoms with E-state index in [1.54, 1.807) is 6.92 Å². The lowest BCUT2D eigenvalue weighted by Crippen LogP contribution is -2.55. The van der Waals surface area contributed by atoms with E-state index in [4.69, 9.17) is 9.47 Å². The van der Waals surface area contributed by atoms with E-state index in [-0.39, 0.29) is 0 Å². The fraction of sp³-hybridized carbons (Fsp3) is 0.875. The molecule has 0 spiro atoms. The fourth-order valence-corrected chi connectivity index (χ4v) is 1.99. The molecule has 1 fully saturated rings. The number of carbonyl (C=O) groups excluding carboxylic acids is 1. The van der Waals surface area contributed by atoms with Gasteiger partial charge in [0.2, 0.25) is 6.29 Å². The smallest absolute Gasteiger partial charge is 0.304 e. The van der Waals surface area contributed by atoms with Gasteiger partial charge in [-0.05, 0) is 6.92 Å². The van der Waals surface area contributed by atoms with Crippen LogP contribution in [0.25, 0.3) is 0 Å². The van der Waals surface area contributed by atoms with Crippen LogP contribution in [0.2, 0.25) is 0 Å². The van der Waals surface area contributed by atoms with Crippen molar-refractivity contribution in [2.45, 2.75) is 42.4 Å². The summed E-state index contributed by atoms with van der Waals surface area (Å²) in [7, 11) is 0. The molecule has 0 radical (unpaired) electrons. The summed E-state index contributed by atoms with van der Waals surface area (Å²) in [5.74, 6) is -0.465. The SMILES string of the molecule is CC(=O)O[C@@H]1O[C@H](C)[C@@H](O)[C@H](O)[C@@H]1I. The van der Waals surface area contributed by atoms with Crippen LogP contribution in [0, 0.1) is 0 Å². The van der Waals surface area contributed by atoms with Crippen molar-refractivity contribution < 1.29 is 24.5 Å². The van der Waals surface area contributed by atoms with Crippen molar-refractivity contribution in [2.24, 2.45) is 0 Å². The highest BCUT2D eigenvalue weighted by atomic mass is 127.